The summed E-state index contributed by atoms with van der Waals surface area (Å²) in [6, 6.07) is 3.99. The smallest absolute Gasteiger partial charge is 0.175 e. The van der Waals surface area contributed by atoms with Gasteiger partial charge in [-0.3, -0.25) is 0 Å². The second-order valence-electron chi connectivity index (χ2n) is 4.25. The van der Waals surface area contributed by atoms with E-state index in [2.05, 4.69) is 22.9 Å². The fourth-order valence-corrected chi connectivity index (χ4v) is 2.50. The first-order chi connectivity index (χ1) is 7.72. The van der Waals surface area contributed by atoms with Gasteiger partial charge in [-0.15, -0.1) is 0 Å². The number of rotatable bonds is 3. The molecule has 0 saturated heterocycles. The zero-order valence-corrected chi connectivity index (χ0v) is 11.3. The first-order valence-corrected chi connectivity index (χ1v) is 6.51. The Kier molecular flexibility index (Phi) is 3.74. The molecular weight excluding hydrogens is 268 g/mol. The largest absolute Gasteiger partial charge is 0.493 e. The number of ether oxygens (including phenoxy) is 2. The quantitative estimate of drug-likeness (QED) is 0.832. The fraction of sp³-hybridized carbons (Fsp3) is 0.538. The fourth-order valence-electron chi connectivity index (χ4n) is 2.08. The van der Waals surface area contributed by atoms with Crippen molar-refractivity contribution >= 4 is 15.9 Å². The van der Waals surface area contributed by atoms with Gasteiger partial charge in [0, 0.05) is 0 Å². The van der Waals surface area contributed by atoms with Crippen molar-refractivity contribution in [1.29, 1.82) is 0 Å². The lowest BCUT2D eigenvalue weighted by Gasteiger charge is -2.18. The van der Waals surface area contributed by atoms with E-state index in [9.17, 15) is 0 Å². The van der Waals surface area contributed by atoms with E-state index in [1.165, 1.54) is 18.4 Å². The predicted molar refractivity (Wildman–Crippen MR) is 68.3 cm³/mol. The molecule has 0 amide bonds. The van der Waals surface area contributed by atoms with Crippen molar-refractivity contribution in [1.82, 2.24) is 0 Å². The number of aryl methyl sites for hydroxylation is 1. The summed E-state index contributed by atoms with van der Waals surface area (Å²) < 4.78 is 12.4. The van der Waals surface area contributed by atoms with Crippen LogP contribution in [0.3, 0.4) is 0 Å². The van der Waals surface area contributed by atoms with E-state index >= 15 is 0 Å². The zero-order valence-electron chi connectivity index (χ0n) is 9.75. The van der Waals surface area contributed by atoms with Crippen LogP contribution in [0.1, 0.15) is 31.2 Å². The van der Waals surface area contributed by atoms with Crippen LogP contribution in [0, 0.1) is 6.92 Å². The third-order valence-corrected chi connectivity index (χ3v) is 4.05. The molecule has 1 aromatic rings. The maximum Gasteiger partial charge on any atom is 0.175 e. The van der Waals surface area contributed by atoms with Crippen molar-refractivity contribution in [3.8, 4) is 11.5 Å². The van der Waals surface area contributed by atoms with Crippen LogP contribution in [-0.2, 0) is 0 Å². The van der Waals surface area contributed by atoms with Crippen LogP contribution in [-0.4, -0.2) is 13.2 Å². The van der Waals surface area contributed by atoms with Gasteiger partial charge in [-0.2, -0.15) is 0 Å². The van der Waals surface area contributed by atoms with Gasteiger partial charge in [0.2, 0.25) is 0 Å². The standard InChI is InChI=1S/C13H17BrO2/c1-9-7-8-11(15-2)13(12(9)14)16-10-5-3-4-6-10/h7-8,10H,3-6H2,1-2H3. The van der Waals surface area contributed by atoms with Crippen molar-refractivity contribution < 1.29 is 9.47 Å². The summed E-state index contributed by atoms with van der Waals surface area (Å²) in [4.78, 5) is 0. The minimum absolute atomic E-state index is 0.354. The van der Waals surface area contributed by atoms with Gasteiger partial charge >= 0.3 is 0 Å². The zero-order chi connectivity index (χ0) is 11.5. The van der Waals surface area contributed by atoms with E-state index < -0.39 is 0 Å². The maximum absolute atomic E-state index is 6.04. The molecule has 0 aromatic heterocycles. The summed E-state index contributed by atoms with van der Waals surface area (Å²) in [5, 5.41) is 0. The number of benzene rings is 1. The molecule has 0 atom stereocenters. The molecule has 88 valence electrons. The van der Waals surface area contributed by atoms with Gasteiger partial charge < -0.3 is 9.47 Å². The molecule has 0 aliphatic heterocycles. The van der Waals surface area contributed by atoms with Crippen molar-refractivity contribution in [2.75, 3.05) is 7.11 Å². The molecule has 2 rings (SSSR count). The minimum Gasteiger partial charge on any atom is -0.493 e. The molecule has 1 aliphatic rings. The Hall–Kier alpha value is -0.700. The van der Waals surface area contributed by atoms with E-state index in [0.29, 0.717) is 6.10 Å². The first-order valence-electron chi connectivity index (χ1n) is 5.72. The molecule has 3 heteroatoms. The number of hydrogen-bond acceptors (Lipinski definition) is 2. The summed E-state index contributed by atoms with van der Waals surface area (Å²) in [5.74, 6) is 1.67. The van der Waals surface area contributed by atoms with Crippen LogP contribution in [0.15, 0.2) is 16.6 Å². The lowest BCUT2D eigenvalue weighted by atomic mass is 10.2. The molecule has 16 heavy (non-hydrogen) atoms. The number of methoxy groups -OCH3 is 1. The molecule has 1 saturated carbocycles. The summed E-state index contributed by atoms with van der Waals surface area (Å²) in [6.07, 6.45) is 5.21. The monoisotopic (exact) mass is 284 g/mol. The third kappa shape index (κ3) is 2.34. The summed E-state index contributed by atoms with van der Waals surface area (Å²) in [5.41, 5.74) is 1.17. The average Bonchev–Trinajstić information content (AvgIpc) is 2.78. The number of halogens is 1. The highest BCUT2D eigenvalue weighted by Crippen LogP contribution is 2.39. The lowest BCUT2D eigenvalue weighted by molar-refractivity contribution is 0.199. The summed E-state index contributed by atoms with van der Waals surface area (Å²) in [6.45, 7) is 2.06. The minimum atomic E-state index is 0.354. The Balaban J connectivity index is 2.25. The molecule has 1 fully saturated rings. The van der Waals surface area contributed by atoms with Crippen molar-refractivity contribution in [2.45, 2.75) is 38.7 Å². The molecule has 1 aliphatic carbocycles. The van der Waals surface area contributed by atoms with Crippen LogP contribution >= 0.6 is 15.9 Å². The molecule has 0 spiro atoms. The highest BCUT2D eigenvalue weighted by molar-refractivity contribution is 9.10. The van der Waals surface area contributed by atoms with Gasteiger partial charge in [0.1, 0.15) is 0 Å². The summed E-state index contributed by atoms with van der Waals surface area (Å²) >= 11 is 3.57. The Morgan fingerprint density at radius 3 is 2.56 bits per heavy atom. The number of hydrogen-bond donors (Lipinski definition) is 0. The second-order valence-corrected chi connectivity index (χ2v) is 5.05. The topological polar surface area (TPSA) is 18.5 Å². The van der Waals surface area contributed by atoms with Crippen molar-refractivity contribution in [3.63, 3.8) is 0 Å². The SMILES string of the molecule is COc1ccc(C)c(Br)c1OC1CCCC1. The predicted octanol–water partition coefficient (Wildman–Crippen LogP) is 4.09. The van der Waals surface area contributed by atoms with Crippen LogP contribution in [0.4, 0.5) is 0 Å². The van der Waals surface area contributed by atoms with E-state index in [1.54, 1.807) is 7.11 Å². The van der Waals surface area contributed by atoms with Gasteiger partial charge in [-0.25, -0.2) is 0 Å². The van der Waals surface area contributed by atoms with Crippen LogP contribution in [0.5, 0.6) is 11.5 Å². The normalized spacial score (nSPS) is 16.4. The molecular formula is C13H17BrO2. The molecule has 0 bridgehead atoms. The molecule has 2 nitrogen and oxygen atoms in total. The van der Waals surface area contributed by atoms with Crippen LogP contribution in [0.25, 0.3) is 0 Å². The Morgan fingerprint density at radius 1 is 1.25 bits per heavy atom. The van der Waals surface area contributed by atoms with E-state index in [4.69, 9.17) is 9.47 Å². The van der Waals surface area contributed by atoms with Gasteiger partial charge in [-0.1, -0.05) is 6.07 Å². The highest BCUT2D eigenvalue weighted by Gasteiger charge is 2.20. The lowest BCUT2D eigenvalue weighted by Crippen LogP contribution is -2.12. The van der Waals surface area contributed by atoms with Crippen LogP contribution in [0.2, 0.25) is 0 Å². The average molecular weight is 285 g/mol. The summed E-state index contributed by atoms with van der Waals surface area (Å²) in [7, 11) is 1.68. The van der Waals surface area contributed by atoms with Gasteiger partial charge in [0.25, 0.3) is 0 Å². The van der Waals surface area contributed by atoms with E-state index in [1.807, 2.05) is 12.1 Å². The molecule has 0 radical (unpaired) electrons. The van der Waals surface area contributed by atoms with Gasteiger partial charge in [0.15, 0.2) is 11.5 Å². The first kappa shape index (κ1) is 11.8. The van der Waals surface area contributed by atoms with E-state index in [0.717, 1.165) is 28.8 Å². The Bertz CT molecular complexity index is 370. The van der Waals surface area contributed by atoms with Crippen molar-refractivity contribution in [2.24, 2.45) is 0 Å². The molecule has 0 N–H and O–H groups in total. The third-order valence-electron chi connectivity index (χ3n) is 3.06. The molecule has 0 heterocycles. The maximum atomic E-state index is 6.04. The molecule has 0 unspecified atom stereocenters. The Labute approximate surface area is 105 Å². The van der Waals surface area contributed by atoms with Gasteiger partial charge in [-0.05, 0) is 60.2 Å². The van der Waals surface area contributed by atoms with Gasteiger partial charge in [0.05, 0.1) is 17.7 Å². The Morgan fingerprint density at radius 2 is 1.94 bits per heavy atom. The van der Waals surface area contributed by atoms with Crippen molar-refractivity contribution in [3.05, 3.63) is 22.2 Å². The molecule has 1 aromatic carbocycles. The van der Waals surface area contributed by atoms with E-state index in [-0.39, 0.29) is 0 Å². The van der Waals surface area contributed by atoms with Crippen LogP contribution < -0.4 is 9.47 Å². The second kappa shape index (κ2) is 5.09. The highest BCUT2D eigenvalue weighted by atomic mass is 79.9.